The molecule has 0 unspecified atom stereocenters. The third-order valence-corrected chi connectivity index (χ3v) is 1.51. The van der Waals surface area contributed by atoms with Gasteiger partial charge in [-0.05, 0) is 27.2 Å². The molecule has 0 aliphatic rings. The van der Waals surface area contributed by atoms with E-state index in [0.717, 1.165) is 6.42 Å². The number of allylic oxidation sites excluding steroid dienone is 9. The molecule has 0 amide bonds. The van der Waals surface area contributed by atoms with Gasteiger partial charge in [0.1, 0.15) is 0 Å². The summed E-state index contributed by atoms with van der Waals surface area (Å²) in [4.78, 5) is 0. The third-order valence-electron chi connectivity index (χ3n) is 1.51. The molecule has 0 aromatic heterocycles. The Morgan fingerprint density at radius 3 is 1.35 bits per heavy atom. The highest BCUT2D eigenvalue weighted by Crippen LogP contribution is 1.95. The standard InChI is InChI=1S/C7H12.2C5H8/c1-4-6-7(3)5-2;2*1-3-5-4-2/h4,6H,3,5H2,1-2H3;2*3-5H,1H2,2H3. The summed E-state index contributed by atoms with van der Waals surface area (Å²) in [5, 5.41) is 0. The minimum absolute atomic E-state index is 1.06. The van der Waals surface area contributed by atoms with E-state index in [4.69, 9.17) is 0 Å². The van der Waals surface area contributed by atoms with Gasteiger partial charge in [0.05, 0.1) is 0 Å². The van der Waals surface area contributed by atoms with E-state index in [1.165, 1.54) is 5.57 Å². The van der Waals surface area contributed by atoms with Crippen LogP contribution in [-0.4, -0.2) is 0 Å². The fraction of sp³-hybridized carbons (Fsp3) is 0.294. The molecule has 0 nitrogen and oxygen atoms in total. The van der Waals surface area contributed by atoms with Gasteiger partial charge in [-0.1, -0.05) is 80.8 Å². The number of hydrogen-bond acceptors (Lipinski definition) is 0. The Bertz CT molecular complexity index is 233. The van der Waals surface area contributed by atoms with E-state index in [9.17, 15) is 0 Å². The summed E-state index contributed by atoms with van der Waals surface area (Å²) >= 11 is 0. The zero-order chi connectivity index (χ0) is 13.9. The van der Waals surface area contributed by atoms with Crippen molar-refractivity contribution in [2.45, 2.75) is 34.1 Å². The Kier molecular flexibility index (Phi) is 29.3. The SMILES string of the molecule is C=C(C=CC)CC.C=CC=CC.C=CC=CC. The van der Waals surface area contributed by atoms with Crippen LogP contribution in [0.15, 0.2) is 73.9 Å². The molecule has 0 aromatic carbocycles. The molecule has 17 heavy (non-hydrogen) atoms. The monoisotopic (exact) mass is 232 g/mol. The molecular formula is C17H28. The Balaban J connectivity index is -0.000000177. The van der Waals surface area contributed by atoms with Crippen molar-refractivity contribution < 1.29 is 0 Å². The van der Waals surface area contributed by atoms with Crippen molar-refractivity contribution in [1.29, 1.82) is 0 Å². The molecule has 0 aliphatic heterocycles. The molecular weight excluding hydrogens is 204 g/mol. The van der Waals surface area contributed by atoms with Crippen LogP contribution in [0.1, 0.15) is 34.1 Å². The van der Waals surface area contributed by atoms with Crippen molar-refractivity contribution >= 4 is 0 Å². The van der Waals surface area contributed by atoms with Crippen LogP contribution in [0.25, 0.3) is 0 Å². The van der Waals surface area contributed by atoms with Gasteiger partial charge in [0.15, 0.2) is 0 Å². The Labute approximate surface area is 108 Å². The van der Waals surface area contributed by atoms with Gasteiger partial charge in [-0.3, -0.25) is 0 Å². The summed E-state index contributed by atoms with van der Waals surface area (Å²) in [6.07, 6.45) is 16.2. The predicted octanol–water partition coefficient (Wildman–Crippen LogP) is 6.03. The lowest BCUT2D eigenvalue weighted by Crippen LogP contribution is -1.65. The van der Waals surface area contributed by atoms with Gasteiger partial charge in [0.2, 0.25) is 0 Å². The summed E-state index contributed by atoms with van der Waals surface area (Å²) in [6.45, 7) is 18.7. The molecule has 0 spiro atoms. The molecule has 0 radical (unpaired) electrons. The molecule has 0 fully saturated rings. The van der Waals surface area contributed by atoms with Crippen LogP contribution < -0.4 is 0 Å². The summed E-state index contributed by atoms with van der Waals surface area (Å²) in [6, 6.07) is 0. The lowest BCUT2D eigenvalue weighted by Gasteiger charge is -1.85. The van der Waals surface area contributed by atoms with Gasteiger partial charge in [0, 0.05) is 0 Å². The second kappa shape index (κ2) is 23.9. The molecule has 0 heterocycles. The minimum atomic E-state index is 1.06. The highest BCUT2D eigenvalue weighted by Gasteiger charge is 1.75. The largest absolute Gasteiger partial charge is 0.0991 e. The fourth-order valence-electron chi connectivity index (χ4n) is 0.626. The quantitative estimate of drug-likeness (QED) is 0.519. The first-order valence-corrected chi connectivity index (χ1v) is 5.92. The maximum absolute atomic E-state index is 3.78. The van der Waals surface area contributed by atoms with Crippen molar-refractivity contribution in [2.75, 3.05) is 0 Å². The maximum Gasteiger partial charge on any atom is -0.0313 e. The first kappa shape index (κ1) is 20.8. The summed E-state index contributed by atoms with van der Waals surface area (Å²) < 4.78 is 0. The molecule has 0 aliphatic carbocycles. The van der Waals surface area contributed by atoms with Crippen LogP contribution in [-0.2, 0) is 0 Å². The van der Waals surface area contributed by atoms with Crippen molar-refractivity contribution in [3.05, 3.63) is 73.9 Å². The molecule has 0 bridgehead atoms. The van der Waals surface area contributed by atoms with E-state index in [1.807, 2.05) is 57.2 Å². The highest BCUT2D eigenvalue weighted by atomic mass is 13.8. The lowest BCUT2D eigenvalue weighted by atomic mass is 10.2. The van der Waals surface area contributed by atoms with Crippen molar-refractivity contribution in [2.24, 2.45) is 0 Å². The molecule has 0 saturated carbocycles. The van der Waals surface area contributed by atoms with E-state index in [2.05, 4.69) is 26.7 Å². The second-order valence-electron chi connectivity index (χ2n) is 3.03. The first-order valence-electron chi connectivity index (χ1n) is 5.92. The van der Waals surface area contributed by atoms with Crippen LogP contribution in [0.4, 0.5) is 0 Å². The molecule has 96 valence electrons. The van der Waals surface area contributed by atoms with E-state index < -0.39 is 0 Å². The smallest absolute Gasteiger partial charge is 0.0313 e. The lowest BCUT2D eigenvalue weighted by molar-refractivity contribution is 1.16. The molecule has 0 atom stereocenters. The van der Waals surface area contributed by atoms with Crippen LogP contribution >= 0.6 is 0 Å². The second-order valence-corrected chi connectivity index (χ2v) is 3.03. The zero-order valence-electron chi connectivity index (χ0n) is 11.9. The van der Waals surface area contributed by atoms with Gasteiger partial charge < -0.3 is 0 Å². The normalized spacial score (nSPS) is 9.41. The van der Waals surface area contributed by atoms with E-state index in [-0.39, 0.29) is 0 Å². The summed E-state index contributed by atoms with van der Waals surface area (Å²) in [5.41, 5.74) is 1.20. The number of hydrogen-bond donors (Lipinski definition) is 0. The predicted molar refractivity (Wildman–Crippen MR) is 84.3 cm³/mol. The van der Waals surface area contributed by atoms with E-state index in [1.54, 1.807) is 12.2 Å². The summed E-state index contributed by atoms with van der Waals surface area (Å²) in [7, 11) is 0. The molecule has 0 N–H and O–H groups in total. The zero-order valence-corrected chi connectivity index (χ0v) is 11.9. The van der Waals surface area contributed by atoms with Crippen molar-refractivity contribution in [3.8, 4) is 0 Å². The molecule has 0 rings (SSSR count). The molecule has 0 aromatic rings. The van der Waals surface area contributed by atoms with Gasteiger partial charge in [0.25, 0.3) is 0 Å². The van der Waals surface area contributed by atoms with Crippen LogP contribution in [0, 0.1) is 0 Å². The van der Waals surface area contributed by atoms with Crippen molar-refractivity contribution in [1.82, 2.24) is 0 Å². The first-order chi connectivity index (χ1) is 8.14. The Hall–Kier alpha value is -1.56. The third kappa shape index (κ3) is 40.4. The maximum atomic E-state index is 3.78. The minimum Gasteiger partial charge on any atom is -0.0991 e. The topological polar surface area (TPSA) is 0 Å². The number of rotatable bonds is 4. The van der Waals surface area contributed by atoms with Gasteiger partial charge in [-0.15, -0.1) is 0 Å². The van der Waals surface area contributed by atoms with Crippen LogP contribution in [0.2, 0.25) is 0 Å². The van der Waals surface area contributed by atoms with Crippen LogP contribution in [0.5, 0.6) is 0 Å². The Morgan fingerprint density at radius 2 is 1.29 bits per heavy atom. The van der Waals surface area contributed by atoms with E-state index >= 15 is 0 Å². The van der Waals surface area contributed by atoms with E-state index in [0.29, 0.717) is 0 Å². The Morgan fingerprint density at radius 1 is 0.882 bits per heavy atom. The van der Waals surface area contributed by atoms with Crippen LogP contribution in [0.3, 0.4) is 0 Å². The molecule has 0 saturated heterocycles. The van der Waals surface area contributed by atoms with Gasteiger partial charge in [-0.25, -0.2) is 0 Å². The van der Waals surface area contributed by atoms with Gasteiger partial charge in [-0.2, -0.15) is 0 Å². The van der Waals surface area contributed by atoms with Crippen molar-refractivity contribution in [3.63, 3.8) is 0 Å². The fourth-order valence-corrected chi connectivity index (χ4v) is 0.626. The van der Waals surface area contributed by atoms with Gasteiger partial charge >= 0.3 is 0 Å². The average Bonchev–Trinajstić information content (AvgIpc) is 2.33. The summed E-state index contributed by atoms with van der Waals surface area (Å²) in [5.74, 6) is 0. The average molecular weight is 232 g/mol. The molecule has 0 heteroatoms. The highest BCUT2D eigenvalue weighted by molar-refractivity contribution is 5.12.